The van der Waals surface area contributed by atoms with Gasteiger partial charge in [0.2, 0.25) is 0 Å². The SMILES string of the molecule is COc1ccc(CN(C(=O)OC(C)(C)C)c2nc(COC3(C)CCN(C(=O)OC(C)(C)C)CC3)cs2)c(OC)c1. The number of methoxy groups -OCH3 is 2. The fraction of sp³-hybridized carbons (Fsp3) is 0.621. The molecule has 1 saturated heterocycles. The van der Waals surface area contributed by atoms with Crippen molar-refractivity contribution in [2.75, 3.05) is 32.2 Å². The van der Waals surface area contributed by atoms with E-state index in [-0.39, 0.29) is 19.2 Å². The van der Waals surface area contributed by atoms with Crippen molar-refractivity contribution in [3.8, 4) is 11.5 Å². The predicted molar refractivity (Wildman–Crippen MR) is 154 cm³/mol. The smallest absolute Gasteiger partial charge is 0.416 e. The number of nitrogens with zero attached hydrogens (tertiary/aromatic N) is 3. The van der Waals surface area contributed by atoms with Crippen LogP contribution in [0.25, 0.3) is 0 Å². The van der Waals surface area contributed by atoms with Gasteiger partial charge in [0, 0.05) is 30.1 Å². The van der Waals surface area contributed by atoms with Gasteiger partial charge in [-0.15, -0.1) is 11.3 Å². The van der Waals surface area contributed by atoms with Gasteiger partial charge in [0.1, 0.15) is 22.7 Å². The van der Waals surface area contributed by atoms with Crippen LogP contribution in [0.5, 0.6) is 11.5 Å². The lowest BCUT2D eigenvalue weighted by atomic mass is 9.93. The Kier molecular flexibility index (Phi) is 9.94. The van der Waals surface area contributed by atoms with E-state index in [0.29, 0.717) is 48.3 Å². The number of amides is 2. The Morgan fingerprint density at radius 1 is 1.02 bits per heavy atom. The second-order valence-corrected chi connectivity index (χ2v) is 12.9. The van der Waals surface area contributed by atoms with Crippen LogP contribution in [0.3, 0.4) is 0 Å². The number of carbonyl (C=O) groups is 2. The molecular weight excluding hydrogens is 534 g/mol. The Bertz CT molecular complexity index is 1160. The minimum Gasteiger partial charge on any atom is -0.497 e. The molecule has 0 N–H and O–H groups in total. The summed E-state index contributed by atoms with van der Waals surface area (Å²) in [5.74, 6) is 1.25. The molecule has 3 rings (SSSR count). The first-order valence-corrected chi connectivity index (χ1v) is 14.3. The summed E-state index contributed by atoms with van der Waals surface area (Å²) < 4.78 is 28.3. The Morgan fingerprint density at radius 2 is 1.68 bits per heavy atom. The minimum absolute atomic E-state index is 0.202. The zero-order valence-electron chi connectivity index (χ0n) is 25.2. The Labute approximate surface area is 241 Å². The number of hydrogen-bond acceptors (Lipinski definition) is 9. The van der Waals surface area contributed by atoms with Crippen molar-refractivity contribution in [2.24, 2.45) is 0 Å². The van der Waals surface area contributed by atoms with Gasteiger partial charge in [0.25, 0.3) is 0 Å². The van der Waals surface area contributed by atoms with Gasteiger partial charge in [-0.05, 0) is 73.4 Å². The molecular formula is C29H43N3O7S. The van der Waals surface area contributed by atoms with Gasteiger partial charge in [-0.1, -0.05) is 0 Å². The molecule has 0 aliphatic carbocycles. The number of thiazole rings is 1. The van der Waals surface area contributed by atoms with Crippen LogP contribution in [-0.4, -0.2) is 66.2 Å². The largest absolute Gasteiger partial charge is 0.497 e. The number of aromatic nitrogens is 1. The molecule has 0 unspecified atom stereocenters. The lowest BCUT2D eigenvalue weighted by Gasteiger charge is -2.39. The van der Waals surface area contributed by atoms with E-state index >= 15 is 0 Å². The minimum atomic E-state index is -0.675. The quantitative estimate of drug-likeness (QED) is 0.355. The number of ether oxygens (including phenoxy) is 5. The van der Waals surface area contributed by atoms with Crippen LogP contribution in [0.1, 0.15) is 72.6 Å². The first-order chi connectivity index (χ1) is 18.6. The summed E-state index contributed by atoms with van der Waals surface area (Å²) in [6.07, 6.45) is 0.567. The van der Waals surface area contributed by atoms with Crippen molar-refractivity contribution < 1.29 is 33.3 Å². The lowest BCUT2D eigenvalue weighted by molar-refractivity contribution is -0.0820. The van der Waals surface area contributed by atoms with Crippen LogP contribution in [0.2, 0.25) is 0 Å². The molecule has 1 fully saturated rings. The summed E-state index contributed by atoms with van der Waals surface area (Å²) in [6.45, 7) is 14.7. The van der Waals surface area contributed by atoms with Gasteiger partial charge in [-0.25, -0.2) is 19.5 Å². The van der Waals surface area contributed by atoms with E-state index in [9.17, 15) is 9.59 Å². The number of piperidine rings is 1. The molecule has 0 atom stereocenters. The van der Waals surface area contributed by atoms with Crippen LogP contribution >= 0.6 is 11.3 Å². The van der Waals surface area contributed by atoms with Gasteiger partial charge in [-0.2, -0.15) is 0 Å². The number of benzene rings is 1. The summed E-state index contributed by atoms with van der Waals surface area (Å²) in [6, 6.07) is 5.46. The Morgan fingerprint density at radius 3 is 2.25 bits per heavy atom. The average Bonchev–Trinajstić information content (AvgIpc) is 3.33. The molecule has 11 heteroatoms. The molecule has 0 saturated carbocycles. The van der Waals surface area contributed by atoms with E-state index in [4.69, 9.17) is 28.7 Å². The third kappa shape index (κ3) is 8.99. The predicted octanol–water partition coefficient (Wildman–Crippen LogP) is 6.41. The normalized spacial score (nSPS) is 15.4. The zero-order valence-corrected chi connectivity index (χ0v) is 26.0. The standard InChI is InChI=1S/C29H43N3O7S/c1-27(2,3)38-25(33)31-14-12-29(7,13-15-31)37-18-21-19-40-24(30-21)32(26(34)39-28(4,5)6)17-20-10-11-22(35-8)16-23(20)36-9/h10-11,16,19H,12-15,17-18H2,1-9H3. The lowest BCUT2D eigenvalue weighted by Crippen LogP contribution is -2.47. The second-order valence-electron chi connectivity index (χ2n) is 12.1. The number of anilines is 1. The first kappa shape index (κ1) is 31.5. The molecule has 0 spiro atoms. The topological polar surface area (TPSA) is 99.7 Å². The zero-order chi connectivity index (χ0) is 29.7. The van der Waals surface area contributed by atoms with Gasteiger partial charge in [-0.3, -0.25) is 0 Å². The summed E-state index contributed by atoms with van der Waals surface area (Å²) in [5.41, 5.74) is -0.102. The number of carbonyl (C=O) groups excluding carboxylic acids is 2. The van der Waals surface area contributed by atoms with Crippen LogP contribution in [0, 0.1) is 0 Å². The summed E-state index contributed by atoms with van der Waals surface area (Å²) in [7, 11) is 3.17. The fourth-order valence-corrected chi connectivity index (χ4v) is 4.85. The third-order valence-corrected chi connectivity index (χ3v) is 7.16. The highest BCUT2D eigenvalue weighted by Crippen LogP contribution is 2.32. The molecule has 2 heterocycles. The van der Waals surface area contributed by atoms with Crippen molar-refractivity contribution in [3.05, 3.63) is 34.8 Å². The van der Waals surface area contributed by atoms with Crippen molar-refractivity contribution in [3.63, 3.8) is 0 Å². The maximum absolute atomic E-state index is 13.3. The van der Waals surface area contributed by atoms with E-state index in [1.807, 2.05) is 59.1 Å². The summed E-state index contributed by atoms with van der Waals surface area (Å²) in [4.78, 5) is 33.6. The van der Waals surface area contributed by atoms with Gasteiger partial charge in [0.15, 0.2) is 5.13 Å². The third-order valence-electron chi connectivity index (χ3n) is 6.25. The molecule has 2 amide bonds. The molecule has 0 bridgehead atoms. The fourth-order valence-electron chi connectivity index (χ4n) is 4.05. The van der Waals surface area contributed by atoms with Crippen molar-refractivity contribution in [1.29, 1.82) is 0 Å². The first-order valence-electron chi connectivity index (χ1n) is 13.4. The van der Waals surface area contributed by atoms with E-state index in [1.54, 1.807) is 25.2 Å². The maximum Gasteiger partial charge on any atom is 0.416 e. The van der Waals surface area contributed by atoms with Gasteiger partial charge >= 0.3 is 12.2 Å². The highest BCUT2D eigenvalue weighted by molar-refractivity contribution is 7.14. The maximum atomic E-state index is 13.3. The monoisotopic (exact) mass is 577 g/mol. The number of rotatable bonds is 8. The van der Waals surface area contributed by atoms with Gasteiger partial charge in [0.05, 0.1) is 38.7 Å². The highest BCUT2D eigenvalue weighted by Gasteiger charge is 2.35. The van der Waals surface area contributed by atoms with Crippen molar-refractivity contribution >= 4 is 28.7 Å². The summed E-state index contributed by atoms with van der Waals surface area (Å²) in [5, 5.41) is 2.38. The molecule has 10 nitrogen and oxygen atoms in total. The van der Waals surface area contributed by atoms with E-state index in [0.717, 1.165) is 5.56 Å². The molecule has 2 aromatic rings. The van der Waals surface area contributed by atoms with Crippen molar-refractivity contribution in [1.82, 2.24) is 9.88 Å². The Balaban J connectivity index is 1.70. The van der Waals surface area contributed by atoms with Crippen LogP contribution in [0.15, 0.2) is 23.6 Å². The number of likely N-dealkylation sites (tertiary alicyclic amines) is 1. The van der Waals surface area contributed by atoms with Crippen LogP contribution in [-0.2, 0) is 27.4 Å². The van der Waals surface area contributed by atoms with Crippen LogP contribution in [0.4, 0.5) is 14.7 Å². The second kappa shape index (κ2) is 12.6. The summed E-state index contributed by atoms with van der Waals surface area (Å²) >= 11 is 1.35. The molecule has 1 aliphatic heterocycles. The molecule has 40 heavy (non-hydrogen) atoms. The molecule has 0 radical (unpaired) electrons. The molecule has 1 aromatic heterocycles. The van der Waals surface area contributed by atoms with E-state index in [1.165, 1.54) is 16.2 Å². The van der Waals surface area contributed by atoms with E-state index in [2.05, 4.69) is 6.92 Å². The molecule has 1 aromatic carbocycles. The molecule has 1 aliphatic rings. The highest BCUT2D eigenvalue weighted by atomic mass is 32.1. The van der Waals surface area contributed by atoms with Gasteiger partial charge < -0.3 is 28.6 Å². The van der Waals surface area contributed by atoms with Crippen LogP contribution < -0.4 is 14.4 Å². The Hall–Kier alpha value is -3.05. The number of hydrogen-bond donors (Lipinski definition) is 0. The van der Waals surface area contributed by atoms with Crippen molar-refractivity contribution in [2.45, 2.75) is 91.3 Å². The van der Waals surface area contributed by atoms with E-state index < -0.39 is 22.9 Å². The molecule has 222 valence electrons. The average molecular weight is 578 g/mol.